The first-order chi connectivity index (χ1) is 15.5. The number of nitriles is 2. The highest BCUT2D eigenvalue weighted by Gasteiger charge is 2.39. The molecule has 3 rings (SSSR count). The molecule has 2 unspecified atom stereocenters. The predicted molar refractivity (Wildman–Crippen MR) is 130 cm³/mol. The van der Waals surface area contributed by atoms with Crippen LogP contribution in [0.3, 0.4) is 0 Å². The summed E-state index contributed by atoms with van der Waals surface area (Å²) in [5, 5.41) is 21.1. The van der Waals surface area contributed by atoms with E-state index < -0.39 is 0 Å². The van der Waals surface area contributed by atoms with E-state index in [2.05, 4.69) is 60.2 Å². The molecule has 0 bridgehead atoms. The number of rotatable bonds is 10. The summed E-state index contributed by atoms with van der Waals surface area (Å²) in [7, 11) is 0. The van der Waals surface area contributed by atoms with Crippen molar-refractivity contribution in [2.45, 2.75) is 33.1 Å². The van der Waals surface area contributed by atoms with Gasteiger partial charge in [0.15, 0.2) is 0 Å². The van der Waals surface area contributed by atoms with Crippen molar-refractivity contribution in [1.29, 1.82) is 10.5 Å². The van der Waals surface area contributed by atoms with Crippen LogP contribution in [0.15, 0.2) is 41.8 Å². The van der Waals surface area contributed by atoms with Crippen LogP contribution in [0.5, 0.6) is 5.75 Å². The molecule has 1 fully saturated rings. The van der Waals surface area contributed by atoms with Crippen LogP contribution in [-0.4, -0.2) is 55.7 Å². The molecule has 1 saturated heterocycles. The van der Waals surface area contributed by atoms with E-state index in [1.54, 1.807) is 23.5 Å². The lowest BCUT2D eigenvalue weighted by Crippen LogP contribution is -2.48. The van der Waals surface area contributed by atoms with Gasteiger partial charge in [0.1, 0.15) is 12.4 Å². The Morgan fingerprint density at radius 3 is 2.38 bits per heavy atom. The lowest BCUT2D eigenvalue weighted by atomic mass is 9.68. The molecular weight excluding hydrogens is 416 g/mol. The van der Waals surface area contributed by atoms with E-state index in [4.69, 9.17) is 10.00 Å². The molecule has 1 aliphatic heterocycles. The molecule has 0 saturated carbocycles. The number of piperazine rings is 1. The predicted octanol–water partition coefficient (Wildman–Crippen LogP) is 4.98. The normalized spacial score (nSPS) is 17.9. The third-order valence-electron chi connectivity index (χ3n) is 6.89. The third kappa shape index (κ3) is 6.11. The topological polar surface area (TPSA) is 63.3 Å². The van der Waals surface area contributed by atoms with Gasteiger partial charge in [0.25, 0.3) is 0 Å². The summed E-state index contributed by atoms with van der Waals surface area (Å²) in [5.74, 6) is 1.33. The number of thiophene rings is 1. The Morgan fingerprint density at radius 2 is 1.78 bits per heavy atom. The minimum atomic E-state index is -0.354. The number of benzene rings is 1. The van der Waals surface area contributed by atoms with E-state index in [0.717, 1.165) is 51.4 Å². The summed E-state index contributed by atoms with van der Waals surface area (Å²) < 4.78 is 5.83. The highest BCUT2D eigenvalue weighted by atomic mass is 32.1. The average Bonchev–Trinajstić information content (AvgIpc) is 3.34. The number of hydrogen-bond donors (Lipinski definition) is 0. The van der Waals surface area contributed by atoms with E-state index in [-0.39, 0.29) is 11.3 Å². The van der Waals surface area contributed by atoms with Crippen molar-refractivity contribution in [1.82, 2.24) is 9.80 Å². The molecule has 1 aliphatic rings. The fourth-order valence-corrected chi connectivity index (χ4v) is 5.33. The highest BCUT2D eigenvalue weighted by molar-refractivity contribution is 7.10. The van der Waals surface area contributed by atoms with Crippen LogP contribution in [0.4, 0.5) is 0 Å². The molecule has 5 nitrogen and oxygen atoms in total. The van der Waals surface area contributed by atoms with Crippen molar-refractivity contribution >= 4 is 11.3 Å². The van der Waals surface area contributed by atoms with Gasteiger partial charge in [0.2, 0.25) is 0 Å². The molecule has 0 amide bonds. The van der Waals surface area contributed by atoms with E-state index in [0.29, 0.717) is 18.1 Å². The minimum Gasteiger partial charge on any atom is -0.492 e. The number of hydrogen-bond acceptors (Lipinski definition) is 6. The van der Waals surface area contributed by atoms with Crippen molar-refractivity contribution in [2.24, 2.45) is 11.3 Å². The standard InChI is InChI=1S/C26H34N4OS/c1-21(2)26(3,20-28)24(25-8-5-17-32-25)9-10-29-11-13-30(14-12-29)15-16-31-23-7-4-6-22(18-23)19-27/h4-8,17-18,21,24H,9-16H2,1-3H3. The molecule has 1 aromatic heterocycles. The van der Waals surface area contributed by atoms with Crippen molar-refractivity contribution in [3.63, 3.8) is 0 Å². The Labute approximate surface area is 196 Å². The van der Waals surface area contributed by atoms with Gasteiger partial charge in [-0.15, -0.1) is 11.3 Å². The summed E-state index contributed by atoms with van der Waals surface area (Å²) in [6.45, 7) is 13.2. The average molecular weight is 451 g/mol. The Balaban J connectivity index is 1.45. The van der Waals surface area contributed by atoms with E-state index in [1.165, 1.54) is 4.88 Å². The van der Waals surface area contributed by atoms with Gasteiger partial charge < -0.3 is 9.64 Å². The van der Waals surface area contributed by atoms with Crippen LogP contribution in [0.1, 0.15) is 43.6 Å². The van der Waals surface area contributed by atoms with Gasteiger partial charge in [-0.25, -0.2) is 0 Å². The minimum absolute atomic E-state index is 0.267. The van der Waals surface area contributed by atoms with Crippen LogP contribution in [0.25, 0.3) is 0 Å². The quantitative estimate of drug-likeness (QED) is 0.511. The van der Waals surface area contributed by atoms with Crippen LogP contribution >= 0.6 is 11.3 Å². The summed E-state index contributed by atoms with van der Waals surface area (Å²) in [4.78, 5) is 6.31. The molecule has 0 radical (unpaired) electrons. The molecule has 1 aromatic carbocycles. The molecular formula is C26H34N4OS. The van der Waals surface area contributed by atoms with Crippen LogP contribution in [0.2, 0.25) is 0 Å². The molecule has 6 heteroatoms. The van der Waals surface area contributed by atoms with Crippen LogP contribution < -0.4 is 4.74 Å². The second-order valence-corrected chi connectivity index (χ2v) is 10.1. The molecule has 0 aliphatic carbocycles. The van der Waals surface area contributed by atoms with Gasteiger partial charge in [-0.2, -0.15) is 10.5 Å². The summed E-state index contributed by atoms with van der Waals surface area (Å²) in [6, 6.07) is 16.4. The second-order valence-electron chi connectivity index (χ2n) is 9.08. The summed E-state index contributed by atoms with van der Waals surface area (Å²) >= 11 is 1.78. The van der Waals surface area contributed by atoms with Gasteiger partial charge in [0, 0.05) is 43.5 Å². The van der Waals surface area contributed by atoms with Crippen molar-refractivity contribution in [3.8, 4) is 17.9 Å². The van der Waals surface area contributed by atoms with E-state index in [9.17, 15) is 5.26 Å². The van der Waals surface area contributed by atoms with Crippen molar-refractivity contribution in [3.05, 3.63) is 52.2 Å². The zero-order chi connectivity index (χ0) is 23.0. The largest absolute Gasteiger partial charge is 0.492 e. The van der Waals surface area contributed by atoms with Crippen molar-refractivity contribution < 1.29 is 4.74 Å². The van der Waals surface area contributed by atoms with Crippen LogP contribution in [-0.2, 0) is 0 Å². The zero-order valence-corrected chi connectivity index (χ0v) is 20.3. The van der Waals surface area contributed by atoms with Gasteiger partial charge in [-0.3, -0.25) is 4.90 Å². The maximum atomic E-state index is 10.00. The first kappa shape index (κ1) is 24.3. The van der Waals surface area contributed by atoms with Crippen molar-refractivity contribution in [2.75, 3.05) is 45.9 Å². The highest BCUT2D eigenvalue weighted by Crippen LogP contribution is 2.45. The van der Waals surface area contributed by atoms with E-state index >= 15 is 0 Å². The second kappa shape index (κ2) is 11.5. The molecule has 2 heterocycles. The maximum Gasteiger partial charge on any atom is 0.120 e. The maximum absolute atomic E-state index is 10.00. The molecule has 0 N–H and O–H groups in total. The zero-order valence-electron chi connectivity index (χ0n) is 19.5. The summed E-state index contributed by atoms with van der Waals surface area (Å²) in [6.07, 6.45) is 1.01. The Kier molecular flexibility index (Phi) is 8.70. The molecule has 0 spiro atoms. The Morgan fingerprint density at radius 1 is 1.06 bits per heavy atom. The fraction of sp³-hybridized carbons (Fsp3) is 0.538. The molecule has 170 valence electrons. The number of nitrogens with zero attached hydrogens (tertiary/aromatic N) is 4. The summed E-state index contributed by atoms with van der Waals surface area (Å²) in [5.41, 5.74) is 0.272. The fourth-order valence-electron chi connectivity index (χ4n) is 4.33. The van der Waals surface area contributed by atoms with Gasteiger partial charge in [-0.1, -0.05) is 26.0 Å². The first-order valence-corrected chi connectivity index (χ1v) is 12.4. The van der Waals surface area contributed by atoms with Gasteiger partial charge in [0.05, 0.1) is 23.1 Å². The van der Waals surface area contributed by atoms with E-state index in [1.807, 2.05) is 12.1 Å². The SMILES string of the molecule is CC(C)C(C)(C#N)C(CCN1CCN(CCOc2cccc(C#N)c2)CC1)c1cccs1. The Bertz CT molecular complexity index is 922. The van der Waals surface area contributed by atoms with Gasteiger partial charge >= 0.3 is 0 Å². The number of ether oxygens (including phenoxy) is 1. The molecule has 2 atom stereocenters. The molecule has 2 aromatic rings. The lowest BCUT2D eigenvalue weighted by molar-refractivity contribution is 0.109. The monoisotopic (exact) mass is 450 g/mol. The van der Waals surface area contributed by atoms with Crippen LogP contribution in [0, 0.1) is 34.0 Å². The third-order valence-corrected chi connectivity index (χ3v) is 7.88. The molecule has 32 heavy (non-hydrogen) atoms. The lowest BCUT2D eigenvalue weighted by Gasteiger charge is -2.38. The van der Waals surface area contributed by atoms with Gasteiger partial charge in [-0.05, 0) is 55.5 Å². The smallest absolute Gasteiger partial charge is 0.120 e. The Hall–Kier alpha value is -2.38. The first-order valence-electron chi connectivity index (χ1n) is 11.5.